The molecule has 24 heavy (non-hydrogen) atoms. The molecule has 2 aliphatic heterocycles. The van der Waals surface area contributed by atoms with E-state index in [1.165, 1.54) is 26.2 Å². The number of benzene rings is 1. The largest absolute Gasteiger partial charge is 0.332 e. The third kappa shape index (κ3) is 2.74. The van der Waals surface area contributed by atoms with Crippen LogP contribution in [-0.4, -0.2) is 28.8 Å². The molecule has 1 N–H and O–H groups in total. The topological polar surface area (TPSA) is 49.4 Å². The molecule has 0 aromatic heterocycles. The van der Waals surface area contributed by atoms with Crippen LogP contribution in [0.2, 0.25) is 0 Å². The molecule has 2 heterocycles. The average molecular weight is 324 g/mol. The van der Waals surface area contributed by atoms with E-state index in [0.717, 1.165) is 36.9 Å². The first-order valence-corrected chi connectivity index (χ1v) is 9.02. The molecule has 4 heteroatoms. The summed E-state index contributed by atoms with van der Waals surface area (Å²) in [4.78, 5) is 26.2. The molecule has 4 rings (SSSR count). The van der Waals surface area contributed by atoms with E-state index >= 15 is 0 Å². The number of nitrogens with zero attached hydrogens (tertiary/aromatic N) is 1. The minimum atomic E-state index is -0.0975. The van der Waals surface area contributed by atoms with Gasteiger partial charge in [0.15, 0.2) is 0 Å². The summed E-state index contributed by atoms with van der Waals surface area (Å²) in [5.41, 5.74) is 4.79. The van der Waals surface area contributed by atoms with E-state index in [1.807, 2.05) is 24.3 Å². The van der Waals surface area contributed by atoms with Gasteiger partial charge in [-0.3, -0.25) is 9.59 Å². The van der Waals surface area contributed by atoms with E-state index < -0.39 is 0 Å². The Balaban J connectivity index is 1.50. The van der Waals surface area contributed by atoms with Crippen molar-refractivity contribution in [1.82, 2.24) is 4.90 Å². The van der Waals surface area contributed by atoms with Gasteiger partial charge in [0.1, 0.15) is 0 Å². The van der Waals surface area contributed by atoms with Crippen molar-refractivity contribution in [2.45, 2.75) is 64.0 Å². The molecular weight excluding hydrogens is 300 g/mol. The van der Waals surface area contributed by atoms with Crippen molar-refractivity contribution in [2.75, 3.05) is 5.32 Å². The third-order valence-electron chi connectivity index (χ3n) is 5.73. The maximum atomic E-state index is 13.0. The molecular formula is C20H24N2O2. The van der Waals surface area contributed by atoms with Crippen LogP contribution < -0.4 is 5.32 Å². The Morgan fingerprint density at radius 2 is 1.62 bits per heavy atom. The van der Waals surface area contributed by atoms with Gasteiger partial charge in [0, 0.05) is 30.3 Å². The van der Waals surface area contributed by atoms with Crippen molar-refractivity contribution in [1.29, 1.82) is 0 Å². The van der Waals surface area contributed by atoms with Gasteiger partial charge in [-0.1, -0.05) is 11.1 Å². The van der Waals surface area contributed by atoms with Crippen LogP contribution in [0, 0.1) is 0 Å². The molecule has 2 bridgehead atoms. The Morgan fingerprint density at radius 1 is 1.00 bits per heavy atom. The van der Waals surface area contributed by atoms with Crippen molar-refractivity contribution in [2.24, 2.45) is 0 Å². The van der Waals surface area contributed by atoms with E-state index in [1.54, 1.807) is 11.1 Å². The Hall–Kier alpha value is -2.10. The number of rotatable bonds is 2. The second kappa shape index (κ2) is 6.08. The van der Waals surface area contributed by atoms with Crippen LogP contribution in [-0.2, 0) is 4.79 Å². The van der Waals surface area contributed by atoms with Gasteiger partial charge in [-0.15, -0.1) is 0 Å². The van der Waals surface area contributed by atoms with Crippen molar-refractivity contribution in [3.05, 3.63) is 41.0 Å². The summed E-state index contributed by atoms with van der Waals surface area (Å²) < 4.78 is 0. The van der Waals surface area contributed by atoms with Gasteiger partial charge in [-0.25, -0.2) is 0 Å². The second-order valence-corrected chi connectivity index (χ2v) is 7.32. The van der Waals surface area contributed by atoms with E-state index in [2.05, 4.69) is 10.2 Å². The first kappa shape index (κ1) is 15.4. The first-order chi connectivity index (χ1) is 11.6. The molecule has 2 atom stereocenters. The molecule has 1 aromatic rings. The highest BCUT2D eigenvalue weighted by atomic mass is 16.2. The lowest BCUT2D eigenvalue weighted by Gasteiger charge is -2.38. The Morgan fingerprint density at radius 3 is 2.12 bits per heavy atom. The molecule has 1 aliphatic carbocycles. The van der Waals surface area contributed by atoms with Gasteiger partial charge in [-0.2, -0.15) is 0 Å². The normalized spacial score (nSPS) is 25.5. The van der Waals surface area contributed by atoms with Crippen LogP contribution >= 0.6 is 0 Å². The summed E-state index contributed by atoms with van der Waals surface area (Å²) in [6.45, 7) is 1.48. The van der Waals surface area contributed by atoms with E-state index in [9.17, 15) is 9.59 Å². The monoisotopic (exact) mass is 324 g/mol. The lowest BCUT2D eigenvalue weighted by atomic mass is 9.82. The fourth-order valence-electron chi connectivity index (χ4n) is 4.39. The zero-order valence-corrected chi connectivity index (χ0v) is 14.2. The molecule has 4 nitrogen and oxygen atoms in total. The van der Waals surface area contributed by atoms with E-state index in [0.29, 0.717) is 12.1 Å². The van der Waals surface area contributed by atoms with Gasteiger partial charge in [0.05, 0.1) is 0 Å². The van der Waals surface area contributed by atoms with Gasteiger partial charge in [0.2, 0.25) is 5.91 Å². The number of hydrogen-bond donors (Lipinski definition) is 1. The minimum absolute atomic E-state index is 0.0975. The number of fused-ring (bicyclic) bond motifs is 2. The fourth-order valence-corrected chi connectivity index (χ4v) is 4.39. The predicted octanol–water partition coefficient (Wildman–Crippen LogP) is 3.89. The summed E-state index contributed by atoms with van der Waals surface area (Å²) in [7, 11) is 0. The predicted molar refractivity (Wildman–Crippen MR) is 93.8 cm³/mol. The number of amides is 2. The molecule has 0 radical (unpaired) electrons. The van der Waals surface area contributed by atoms with E-state index in [4.69, 9.17) is 0 Å². The van der Waals surface area contributed by atoms with Crippen molar-refractivity contribution in [3.8, 4) is 0 Å². The molecule has 1 saturated carbocycles. The smallest absolute Gasteiger partial charge is 0.254 e. The standard InChI is InChI=1S/C20H24N2O2/c1-13(23)21-17-7-5-15(6-8-17)20(24)22-18-9-10-19(22)12-16(11-18)14-3-2-4-14/h5-8,18-19H,2-4,9-12H2,1H3,(H,21,23). The molecule has 2 unspecified atom stereocenters. The van der Waals surface area contributed by atoms with Crippen molar-refractivity contribution < 1.29 is 9.59 Å². The number of carbonyl (C=O) groups is 2. The van der Waals surface area contributed by atoms with Crippen LogP contribution in [0.15, 0.2) is 35.4 Å². The number of piperidine rings is 1. The molecule has 126 valence electrons. The molecule has 1 aromatic carbocycles. The van der Waals surface area contributed by atoms with E-state index in [-0.39, 0.29) is 11.8 Å². The summed E-state index contributed by atoms with van der Waals surface area (Å²) in [6, 6.07) is 8.04. The van der Waals surface area contributed by atoms with Gasteiger partial charge >= 0.3 is 0 Å². The number of hydrogen-bond acceptors (Lipinski definition) is 2. The summed E-state index contributed by atoms with van der Waals surface area (Å²) in [6.07, 6.45) is 8.36. The molecule has 0 spiro atoms. The SMILES string of the molecule is CC(=O)Nc1ccc(C(=O)N2C3CCC2CC(=C2CCC2)C3)cc1. The molecule has 2 amide bonds. The lowest BCUT2D eigenvalue weighted by molar-refractivity contribution is -0.114. The molecule has 3 fully saturated rings. The second-order valence-electron chi connectivity index (χ2n) is 7.32. The lowest BCUT2D eigenvalue weighted by Crippen LogP contribution is -2.45. The van der Waals surface area contributed by atoms with Crippen LogP contribution in [0.4, 0.5) is 5.69 Å². The molecule has 3 aliphatic rings. The van der Waals surface area contributed by atoms with Crippen LogP contribution in [0.1, 0.15) is 62.2 Å². The highest BCUT2D eigenvalue weighted by Crippen LogP contribution is 2.43. The summed E-state index contributed by atoms with van der Waals surface area (Å²) >= 11 is 0. The number of anilines is 1. The Labute approximate surface area is 142 Å². The number of nitrogens with one attached hydrogen (secondary N) is 1. The molecule has 2 saturated heterocycles. The van der Waals surface area contributed by atoms with Crippen LogP contribution in [0.5, 0.6) is 0 Å². The highest BCUT2D eigenvalue weighted by molar-refractivity contribution is 5.96. The third-order valence-corrected chi connectivity index (χ3v) is 5.73. The zero-order chi connectivity index (χ0) is 16.7. The van der Waals surface area contributed by atoms with Gasteiger partial charge in [-0.05, 0) is 69.2 Å². The highest BCUT2D eigenvalue weighted by Gasteiger charge is 2.42. The quantitative estimate of drug-likeness (QED) is 0.839. The average Bonchev–Trinajstić information content (AvgIpc) is 2.76. The number of allylic oxidation sites excluding steroid dienone is 1. The fraction of sp³-hybridized carbons (Fsp3) is 0.500. The maximum Gasteiger partial charge on any atom is 0.254 e. The van der Waals surface area contributed by atoms with Crippen LogP contribution in [0.3, 0.4) is 0 Å². The van der Waals surface area contributed by atoms with Gasteiger partial charge in [0.25, 0.3) is 5.91 Å². The Kier molecular flexibility index (Phi) is 3.91. The Bertz CT molecular complexity index is 683. The van der Waals surface area contributed by atoms with Crippen LogP contribution in [0.25, 0.3) is 0 Å². The first-order valence-electron chi connectivity index (χ1n) is 9.02. The summed E-state index contributed by atoms with van der Waals surface area (Å²) in [5.74, 6) is 0.0502. The van der Waals surface area contributed by atoms with Crippen molar-refractivity contribution >= 4 is 17.5 Å². The van der Waals surface area contributed by atoms with Gasteiger partial charge < -0.3 is 10.2 Å². The minimum Gasteiger partial charge on any atom is -0.332 e. The number of carbonyl (C=O) groups excluding carboxylic acids is 2. The van der Waals surface area contributed by atoms with Crippen molar-refractivity contribution in [3.63, 3.8) is 0 Å². The summed E-state index contributed by atoms with van der Waals surface area (Å²) in [5, 5.41) is 2.74. The zero-order valence-electron chi connectivity index (χ0n) is 14.2. The maximum absolute atomic E-state index is 13.0.